The molecule has 1 aromatic heterocycles. The summed E-state index contributed by atoms with van der Waals surface area (Å²) in [5.41, 5.74) is 3.71. The number of hydrogen-bond acceptors (Lipinski definition) is 3. The van der Waals surface area contributed by atoms with Gasteiger partial charge in [-0.2, -0.15) is 0 Å². The van der Waals surface area contributed by atoms with Gasteiger partial charge in [-0.25, -0.2) is 9.97 Å². The average Bonchev–Trinajstić information content (AvgIpc) is 2.62. The Kier molecular flexibility index (Phi) is 5.43. The summed E-state index contributed by atoms with van der Waals surface area (Å²) < 4.78 is 0. The van der Waals surface area contributed by atoms with Gasteiger partial charge in [-0.3, -0.25) is 0 Å². The van der Waals surface area contributed by atoms with Crippen LogP contribution in [0.3, 0.4) is 0 Å². The van der Waals surface area contributed by atoms with E-state index < -0.39 is 0 Å². The molecule has 1 atom stereocenters. The van der Waals surface area contributed by atoms with Gasteiger partial charge in [-0.1, -0.05) is 79.3 Å². The van der Waals surface area contributed by atoms with Crippen LogP contribution < -0.4 is 0 Å². The zero-order valence-corrected chi connectivity index (χ0v) is 14.0. The predicted octanol–water partition coefficient (Wildman–Crippen LogP) is 4.96. The van der Waals surface area contributed by atoms with Crippen LogP contribution in [0.2, 0.25) is 0 Å². The van der Waals surface area contributed by atoms with Crippen LogP contribution in [0.25, 0.3) is 0 Å². The maximum absolute atomic E-state index is 4.69. The lowest BCUT2D eigenvalue weighted by atomic mass is 10.0. The quantitative estimate of drug-likeness (QED) is 0.474. The van der Waals surface area contributed by atoms with E-state index in [1.165, 1.54) is 11.1 Å². The highest BCUT2D eigenvalue weighted by molar-refractivity contribution is 7.99. The first-order valence-electron chi connectivity index (χ1n) is 7.85. The molecule has 0 amide bonds. The fourth-order valence-electron chi connectivity index (χ4n) is 2.43. The van der Waals surface area contributed by atoms with E-state index in [0.717, 1.165) is 23.0 Å². The Hall–Kier alpha value is -2.13. The van der Waals surface area contributed by atoms with Crippen molar-refractivity contribution in [2.24, 2.45) is 0 Å². The van der Waals surface area contributed by atoms with Gasteiger partial charge in [-0.15, -0.1) is 0 Å². The van der Waals surface area contributed by atoms with Crippen LogP contribution >= 0.6 is 11.8 Å². The molecule has 0 aliphatic heterocycles. The van der Waals surface area contributed by atoms with E-state index in [1.807, 2.05) is 18.3 Å². The highest BCUT2D eigenvalue weighted by Gasteiger charge is 2.08. The van der Waals surface area contributed by atoms with Gasteiger partial charge in [0.05, 0.1) is 0 Å². The largest absolute Gasteiger partial charge is 0.231 e. The number of nitrogens with zero attached hydrogens (tertiary/aromatic N) is 2. The molecule has 0 N–H and O–H groups in total. The maximum Gasteiger partial charge on any atom is 0.187 e. The minimum absolute atomic E-state index is 0.488. The van der Waals surface area contributed by atoms with E-state index in [0.29, 0.717) is 5.92 Å². The highest BCUT2D eigenvalue weighted by Crippen LogP contribution is 2.23. The molecule has 23 heavy (non-hydrogen) atoms. The molecule has 0 aliphatic carbocycles. The van der Waals surface area contributed by atoms with Crippen molar-refractivity contribution in [1.82, 2.24) is 9.97 Å². The highest BCUT2D eigenvalue weighted by atomic mass is 32.2. The third kappa shape index (κ3) is 4.67. The monoisotopic (exact) mass is 320 g/mol. The molecule has 0 radical (unpaired) electrons. The fourth-order valence-corrected chi connectivity index (χ4v) is 3.34. The van der Waals surface area contributed by atoms with E-state index in [4.69, 9.17) is 0 Å². The summed E-state index contributed by atoms with van der Waals surface area (Å²) in [6.45, 7) is 2.25. The number of rotatable bonds is 6. The first kappa shape index (κ1) is 15.8. The van der Waals surface area contributed by atoms with E-state index in [2.05, 4.69) is 71.5 Å². The third-order valence-electron chi connectivity index (χ3n) is 3.75. The van der Waals surface area contributed by atoms with Crippen molar-refractivity contribution in [3.05, 3.63) is 89.7 Å². The molecule has 0 bridgehead atoms. The molecule has 1 unspecified atom stereocenters. The molecule has 3 aromatic rings. The minimum Gasteiger partial charge on any atom is -0.231 e. The van der Waals surface area contributed by atoms with Crippen LogP contribution in [0.1, 0.15) is 29.7 Å². The maximum atomic E-state index is 4.69. The summed E-state index contributed by atoms with van der Waals surface area (Å²) in [5.74, 6) is 1.47. The van der Waals surface area contributed by atoms with E-state index in [9.17, 15) is 0 Å². The van der Waals surface area contributed by atoms with Crippen molar-refractivity contribution in [3.8, 4) is 0 Å². The number of hydrogen-bond donors (Lipinski definition) is 0. The topological polar surface area (TPSA) is 25.8 Å². The Morgan fingerprint density at radius 1 is 0.913 bits per heavy atom. The first-order chi connectivity index (χ1) is 11.3. The van der Waals surface area contributed by atoms with Gasteiger partial charge >= 0.3 is 0 Å². The van der Waals surface area contributed by atoms with Crippen molar-refractivity contribution in [3.63, 3.8) is 0 Å². The Morgan fingerprint density at radius 2 is 1.61 bits per heavy atom. The lowest BCUT2D eigenvalue weighted by Crippen LogP contribution is -1.99. The van der Waals surface area contributed by atoms with E-state index in [1.54, 1.807) is 11.8 Å². The molecule has 1 heterocycles. The van der Waals surface area contributed by atoms with Crippen molar-refractivity contribution >= 4 is 11.8 Å². The summed E-state index contributed by atoms with van der Waals surface area (Å²) in [7, 11) is 0. The SMILES string of the molecule is CC(CSc1nccc(Cc2ccccc2)n1)c1ccccc1. The normalized spacial score (nSPS) is 12.0. The third-order valence-corrected chi connectivity index (χ3v) is 4.87. The molecule has 3 heteroatoms. The number of aromatic nitrogens is 2. The van der Waals surface area contributed by atoms with Gasteiger partial charge in [0.2, 0.25) is 0 Å². The molecule has 116 valence electrons. The lowest BCUT2D eigenvalue weighted by molar-refractivity contribution is 0.863. The summed E-state index contributed by atoms with van der Waals surface area (Å²) in [6.07, 6.45) is 2.71. The summed E-state index contributed by atoms with van der Waals surface area (Å²) >= 11 is 1.73. The van der Waals surface area contributed by atoms with Crippen LogP contribution in [0.5, 0.6) is 0 Å². The molecular weight excluding hydrogens is 300 g/mol. The van der Waals surface area contributed by atoms with Gasteiger partial charge in [0, 0.05) is 24.1 Å². The summed E-state index contributed by atoms with van der Waals surface area (Å²) in [4.78, 5) is 9.08. The molecular formula is C20H20N2S. The van der Waals surface area contributed by atoms with Crippen molar-refractivity contribution in [2.75, 3.05) is 5.75 Å². The molecule has 0 fully saturated rings. The minimum atomic E-state index is 0.488. The molecule has 3 rings (SSSR count). The Bertz CT molecular complexity index is 729. The molecule has 0 saturated carbocycles. The van der Waals surface area contributed by atoms with Crippen LogP contribution in [-0.2, 0) is 6.42 Å². The number of thioether (sulfide) groups is 1. The van der Waals surface area contributed by atoms with Crippen molar-refractivity contribution in [1.29, 1.82) is 0 Å². The van der Waals surface area contributed by atoms with Gasteiger partial charge in [0.1, 0.15) is 0 Å². The number of benzene rings is 2. The van der Waals surface area contributed by atoms with Crippen LogP contribution in [0, 0.1) is 0 Å². The Morgan fingerprint density at radius 3 is 2.35 bits per heavy atom. The molecule has 0 aliphatic rings. The Labute approximate surface area is 142 Å². The van der Waals surface area contributed by atoms with Crippen LogP contribution in [0.15, 0.2) is 78.1 Å². The van der Waals surface area contributed by atoms with Gasteiger partial charge in [0.25, 0.3) is 0 Å². The second-order valence-electron chi connectivity index (χ2n) is 5.62. The fraction of sp³-hybridized carbons (Fsp3) is 0.200. The van der Waals surface area contributed by atoms with Crippen molar-refractivity contribution < 1.29 is 0 Å². The molecule has 2 nitrogen and oxygen atoms in total. The van der Waals surface area contributed by atoms with Gasteiger partial charge < -0.3 is 0 Å². The average molecular weight is 320 g/mol. The molecule has 0 spiro atoms. The first-order valence-corrected chi connectivity index (χ1v) is 8.83. The second kappa shape index (κ2) is 7.93. The standard InChI is InChI=1S/C20H20N2S/c1-16(18-10-6-3-7-11-18)15-23-20-21-13-12-19(22-20)14-17-8-4-2-5-9-17/h2-13,16H,14-15H2,1H3. The van der Waals surface area contributed by atoms with E-state index in [-0.39, 0.29) is 0 Å². The zero-order valence-electron chi connectivity index (χ0n) is 13.2. The van der Waals surface area contributed by atoms with Crippen LogP contribution in [0.4, 0.5) is 0 Å². The van der Waals surface area contributed by atoms with Gasteiger partial charge in [-0.05, 0) is 23.1 Å². The smallest absolute Gasteiger partial charge is 0.187 e. The second-order valence-corrected chi connectivity index (χ2v) is 6.60. The summed E-state index contributed by atoms with van der Waals surface area (Å²) in [6, 6.07) is 23.0. The van der Waals surface area contributed by atoms with Crippen molar-refractivity contribution in [2.45, 2.75) is 24.4 Å². The van der Waals surface area contributed by atoms with E-state index >= 15 is 0 Å². The predicted molar refractivity (Wildman–Crippen MR) is 96.9 cm³/mol. The van der Waals surface area contributed by atoms with Gasteiger partial charge in [0.15, 0.2) is 5.16 Å². The lowest BCUT2D eigenvalue weighted by Gasteiger charge is -2.11. The Balaban J connectivity index is 1.61. The zero-order chi connectivity index (χ0) is 15.9. The van der Waals surface area contributed by atoms with Crippen LogP contribution in [-0.4, -0.2) is 15.7 Å². The molecule has 0 saturated heterocycles. The summed E-state index contributed by atoms with van der Waals surface area (Å²) in [5, 5.41) is 0.862. The molecule has 2 aromatic carbocycles.